The Balaban J connectivity index is 2.79. The lowest BCUT2D eigenvalue weighted by Gasteiger charge is -2.26. The van der Waals surface area contributed by atoms with Gasteiger partial charge in [-0.1, -0.05) is 19.1 Å². The Bertz CT molecular complexity index is 176. The molecule has 0 saturated carbocycles. The Morgan fingerprint density at radius 1 is 1.50 bits per heavy atom. The monoisotopic (exact) mass is 141 g/mol. The topological polar surface area (TPSA) is 40.5 Å². The summed E-state index contributed by atoms with van der Waals surface area (Å²) in [5.41, 5.74) is 0. The third-order valence-corrected chi connectivity index (χ3v) is 1.68. The second kappa shape index (κ2) is 2.42. The van der Waals surface area contributed by atoms with E-state index in [-0.39, 0.29) is 17.9 Å². The van der Waals surface area contributed by atoms with Crippen LogP contribution < -0.4 is 0 Å². The van der Waals surface area contributed by atoms with E-state index in [1.54, 1.807) is 19.9 Å². The summed E-state index contributed by atoms with van der Waals surface area (Å²) in [5, 5.41) is 9.82. The van der Waals surface area contributed by atoms with Gasteiger partial charge in [0.2, 0.25) is 0 Å². The third-order valence-electron chi connectivity index (χ3n) is 1.68. The Hall–Kier alpha value is -0.830. The van der Waals surface area contributed by atoms with E-state index in [0.717, 1.165) is 5.06 Å². The van der Waals surface area contributed by atoms with Crippen LogP contribution in [0, 0.1) is 5.92 Å². The molecule has 0 fully saturated rings. The van der Waals surface area contributed by atoms with E-state index in [0.29, 0.717) is 0 Å². The molecule has 1 heterocycles. The molecule has 1 rings (SSSR count). The number of amides is 1. The molecular weight excluding hydrogens is 130 g/mol. The molecule has 0 aromatic rings. The summed E-state index contributed by atoms with van der Waals surface area (Å²) in [6.07, 6.45) is 3.62. The molecule has 3 heteroatoms. The van der Waals surface area contributed by atoms with E-state index in [1.165, 1.54) is 0 Å². The Labute approximate surface area is 59.9 Å². The van der Waals surface area contributed by atoms with Crippen LogP contribution in [0.2, 0.25) is 0 Å². The third kappa shape index (κ3) is 1.04. The van der Waals surface area contributed by atoms with Gasteiger partial charge in [0, 0.05) is 0 Å². The molecule has 2 atom stereocenters. The molecule has 1 aliphatic heterocycles. The highest BCUT2D eigenvalue weighted by molar-refractivity contribution is 5.80. The van der Waals surface area contributed by atoms with Crippen molar-refractivity contribution in [1.29, 1.82) is 0 Å². The van der Waals surface area contributed by atoms with E-state index in [2.05, 4.69) is 0 Å². The van der Waals surface area contributed by atoms with Gasteiger partial charge in [-0.05, 0) is 6.92 Å². The summed E-state index contributed by atoms with van der Waals surface area (Å²) in [6.45, 7) is 3.52. The maximum absolute atomic E-state index is 11.0. The van der Waals surface area contributed by atoms with Gasteiger partial charge in [-0.15, -0.1) is 0 Å². The SMILES string of the molecule is CC1C=CC(C)N(O)C1=O. The fraction of sp³-hybridized carbons (Fsp3) is 0.571. The molecule has 2 unspecified atom stereocenters. The van der Waals surface area contributed by atoms with Crippen LogP contribution in [-0.4, -0.2) is 22.2 Å². The van der Waals surface area contributed by atoms with E-state index in [1.807, 2.05) is 6.08 Å². The second-order valence-corrected chi connectivity index (χ2v) is 2.60. The molecular formula is C7H11NO2. The molecule has 1 amide bonds. The highest BCUT2D eigenvalue weighted by Gasteiger charge is 2.24. The second-order valence-electron chi connectivity index (χ2n) is 2.60. The average Bonchev–Trinajstić information content (AvgIpc) is 1.93. The van der Waals surface area contributed by atoms with Crippen LogP contribution in [-0.2, 0) is 4.79 Å². The number of rotatable bonds is 0. The number of carbonyl (C=O) groups is 1. The average molecular weight is 141 g/mol. The summed E-state index contributed by atoms with van der Waals surface area (Å²) in [7, 11) is 0. The first-order valence-corrected chi connectivity index (χ1v) is 3.33. The van der Waals surface area contributed by atoms with Crippen LogP contribution >= 0.6 is 0 Å². The van der Waals surface area contributed by atoms with Crippen LogP contribution in [0.3, 0.4) is 0 Å². The molecule has 1 aliphatic rings. The van der Waals surface area contributed by atoms with Crippen molar-refractivity contribution in [2.45, 2.75) is 19.9 Å². The molecule has 0 aromatic heterocycles. The van der Waals surface area contributed by atoms with Gasteiger partial charge in [0.05, 0.1) is 12.0 Å². The zero-order chi connectivity index (χ0) is 7.72. The first-order chi connectivity index (χ1) is 4.63. The normalized spacial score (nSPS) is 33.1. The zero-order valence-corrected chi connectivity index (χ0v) is 6.11. The molecule has 1 N–H and O–H groups in total. The fourth-order valence-electron chi connectivity index (χ4n) is 0.901. The standard InChI is InChI=1S/C7H11NO2/c1-5-3-4-6(2)8(10)7(5)9/h3-6,10H,1-2H3. The first kappa shape index (κ1) is 7.28. The summed E-state index contributed by atoms with van der Waals surface area (Å²) in [5.74, 6) is -0.406. The van der Waals surface area contributed by atoms with Gasteiger partial charge in [0.1, 0.15) is 0 Å². The minimum absolute atomic E-state index is 0.177. The Morgan fingerprint density at radius 2 is 2.10 bits per heavy atom. The van der Waals surface area contributed by atoms with Crippen LogP contribution in [0.4, 0.5) is 0 Å². The number of carbonyl (C=O) groups excluding carboxylic acids is 1. The molecule has 10 heavy (non-hydrogen) atoms. The number of nitrogens with zero attached hydrogens (tertiary/aromatic N) is 1. The zero-order valence-electron chi connectivity index (χ0n) is 6.11. The smallest absolute Gasteiger partial charge is 0.253 e. The van der Waals surface area contributed by atoms with Crippen molar-refractivity contribution in [3.63, 3.8) is 0 Å². The lowest BCUT2D eigenvalue weighted by molar-refractivity contribution is -0.174. The van der Waals surface area contributed by atoms with Crippen LogP contribution in [0.25, 0.3) is 0 Å². The predicted molar refractivity (Wildman–Crippen MR) is 36.4 cm³/mol. The van der Waals surface area contributed by atoms with Crippen molar-refractivity contribution in [2.24, 2.45) is 5.92 Å². The van der Waals surface area contributed by atoms with E-state index in [9.17, 15) is 4.79 Å². The lowest BCUT2D eigenvalue weighted by Crippen LogP contribution is -2.40. The van der Waals surface area contributed by atoms with Crippen molar-refractivity contribution in [2.75, 3.05) is 0 Å². The molecule has 0 bridgehead atoms. The van der Waals surface area contributed by atoms with E-state index >= 15 is 0 Å². The fourth-order valence-corrected chi connectivity index (χ4v) is 0.901. The first-order valence-electron chi connectivity index (χ1n) is 3.33. The van der Waals surface area contributed by atoms with Gasteiger partial charge in [0.15, 0.2) is 0 Å². The quantitative estimate of drug-likeness (QED) is 0.400. The van der Waals surface area contributed by atoms with Crippen LogP contribution in [0.5, 0.6) is 0 Å². The highest BCUT2D eigenvalue weighted by atomic mass is 16.5. The largest absolute Gasteiger partial charge is 0.285 e. The molecule has 0 spiro atoms. The van der Waals surface area contributed by atoms with Crippen molar-refractivity contribution in [1.82, 2.24) is 5.06 Å². The molecule has 0 aliphatic carbocycles. The summed E-state index contributed by atoms with van der Waals surface area (Å²) in [4.78, 5) is 11.0. The van der Waals surface area contributed by atoms with E-state index in [4.69, 9.17) is 5.21 Å². The number of hydrogen-bond donors (Lipinski definition) is 1. The Kier molecular flexibility index (Phi) is 1.76. The lowest BCUT2D eigenvalue weighted by atomic mass is 10.0. The van der Waals surface area contributed by atoms with Gasteiger partial charge in [-0.25, -0.2) is 5.06 Å². The summed E-state index contributed by atoms with van der Waals surface area (Å²) in [6, 6.07) is -0.177. The van der Waals surface area contributed by atoms with Crippen LogP contribution in [0.1, 0.15) is 13.8 Å². The molecule has 0 aromatic carbocycles. The van der Waals surface area contributed by atoms with E-state index < -0.39 is 0 Å². The van der Waals surface area contributed by atoms with Crippen LogP contribution in [0.15, 0.2) is 12.2 Å². The summed E-state index contributed by atoms with van der Waals surface area (Å²) >= 11 is 0. The predicted octanol–water partition coefficient (Wildman–Crippen LogP) is 0.799. The molecule has 0 saturated heterocycles. The number of hydroxylamine groups is 2. The van der Waals surface area contributed by atoms with Gasteiger partial charge >= 0.3 is 0 Å². The van der Waals surface area contributed by atoms with Crippen molar-refractivity contribution in [3.05, 3.63) is 12.2 Å². The van der Waals surface area contributed by atoms with Crippen molar-refractivity contribution in [3.8, 4) is 0 Å². The minimum Gasteiger partial charge on any atom is -0.285 e. The highest BCUT2D eigenvalue weighted by Crippen LogP contribution is 2.12. The maximum Gasteiger partial charge on any atom is 0.253 e. The van der Waals surface area contributed by atoms with Gasteiger partial charge in [-0.3, -0.25) is 10.0 Å². The number of hydrogen-bond acceptors (Lipinski definition) is 2. The van der Waals surface area contributed by atoms with Crippen molar-refractivity contribution >= 4 is 5.91 Å². The Morgan fingerprint density at radius 3 is 2.60 bits per heavy atom. The minimum atomic E-state index is -0.227. The molecule has 0 radical (unpaired) electrons. The van der Waals surface area contributed by atoms with Gasteiger partial charge in [0.25, 0.3) is 5.91 Å². The maximum atomic E-state index is 11.0. The van der Waals surface area contributed by atoms with Crippen molar-refractivity contribution < 1.29 is 10.0 Å². The summed E-state index contributed by atoms with van der Waals surface area (Å²) < 4.78 is 0. The van der Waals surface area contributed by atoms with Gasteiger partial charge < -0.3 is 0 Å². The molecule has 3 nitrogen and oxygen atoms in total. The molecule has 56 valence electrons. The van der Waals surface area contributed by atoms with Gasteiger partial charge in [-0.2, -0.15) is 0 Å².